The van der Waals surface area contributed by atoms with Gasteiger partial charge in [0.05, 0.1) is 25.8 Å². The summed E-state index contributed by atoms with van der Waals surface area (Å²) in [7, 11) is 2.99. The van der Waals surface area contributed by atoms with Crippen LogP contribution in [0, 0.1) is 6.92 Å². The van der Waals surface area contributed by atoms with Gasteiger partial charge in [-0.25, -0.2) is 0 Å². The number of H-pyrrole nitrogens is 1. The number of nitrogens with one attached hydrogen (secondary N) is 1. The highest BCUT2D eigenvalue weighted by Crippen LogP contribution is 2.46. The second kappa shape index (κ2) is 9.09. The number of fused-ring (bicyclic) bond motifs is 1. The highest BCUT2D eigenvalue weighted by atomic mass is 35.5. The fraction of sp³-hybridized carbons (Fsp3) is 0.143. The van der Waals surface area contributed by atoms with Crippen molar-refractivity contribution in [2.75, 3.05) is 19.1 Å². The topological polar surface area (TPSA) is 91.9 Å². The van der Waals surface area contributed by atoms with Crippen LogP contribution in [-0.4, -0.2) is 36.0 Å². The van der Waals surface area contributed by atoms with Gasteiger partial charge >= 0.3 is 0 Å². The van der Waals surface area contributed by atoms with Gasteiger partial charge in [-0.1, -0.05) is 35.9 Å². The van der Waals surface area contributed by atoms with Gasteiger partial charge in [0.1, 0.15) is 5.76 Å². The number of amides is 1. The molecule has 4 aromatic rings. The minimum absolute atomic E-state index is 0.0277. The van der Waals surface area contributed by atoms with E-state index in [1.54, 1.807) is 42.5 Å². The van der Waals surface area contributed by atoms with Gasteiger partial charge in [-0.2, -0.15) is 0 Å². The van der Waals surface area contributed by atoms with Crippen LogP contribution in [0.25, 0.3) is 16.7 Å². The number of para-hydroxylation sites is 1. The molecule has 0 aliphatic carbocycles. The first-order chi connectivity index (χ1) is 17.3. The van der Waals surface area contributed by atoms with Crippen LogP contribution in [-0.2, 0) is 9.59 Å². The van der Waals surface area contributed by atoms with Crippen molar-refractivity contribution < 1.29 is 24.2 Å². The van der Waals surface area contributed by atoms with Crippen molar-refractivity contribution in [1.82, 2.24) is 4.98 Å². The fourth-order valence-corrected chi connectivity index (χ4v) is 4.97. The molecule has 1 fully saturated rings. The van der Waals surface area contributed by atoms with E-state index in [1.165, 1.54) is 19.1 Å². The Labute approximate surface area is 212 Å². The molecule has 8 heteroatoms. The average molecular weight is 503 g/mol. The Balaban J connectivity index is 1.80. The van der Waals surface area contributed by atoms with Crippen molar-refractivity contribution in [3.63, 3.8) is 0 Å². The number of benzene rings is 3. The molecule has 0 radical (unpaired) electrons. The summed E-state index contributed by atoms with van der Waals surface area (Å²) in [4.78, 5) is 31.7. The third kappa shape index (κ3) is 3.69. The van der Waals surface area contributed by atoms with Gasteiger partial charge in [-0.3, -0.25) is 14.5 Å². The van der Waals surface area contributed by atoms with Crippen molar-refractivity contribution >= 4 is 45.6 Å². The van der Waals surface area contributed by atoms with Gasteiger partial charge < -0.3 is 19.6 Å². The summed E-state index contributed by atoms with van der Waals surface area (Å²) in [6.45, 7) is 1.88. The molecule has 36 heavy (non-hydrogen) atoms. The molecule has 0 bridgehead atoms. The molecule has 0 saturated carbocycles. The molecular weight excluding hydrogens is 480 g/mol. The molecule has 1 amide bonds. The number of ether oxygens (including phenoxy) is 2. The van der Waals surface area contributed by atoms with Gasteiger partial charge in [-0.15, -0.1) is 0 Å². The maximum Gasteiger partial charge on any atom is 0.300 e. The molecule has 5 rings (SSSR count). The van der Waals surface area contributed by atoms with Crippen molar-refractivity contribution in [3.8, 4) is 11.5 Å². The van der Waals surface area contributed by atoms with Crippen LogP contribution < -0.4 is 14.4 Å². The number of hydrogen-bond donors (Lipinski definition) is 2. The minimum atomic E-state index is -0.896. The van der Waals surface area contributed by atoms with Crippen LogP contribution >= 0.6 is 11.6 Å². The Morgan fingerprint density at radius 3 is 2.44 bits per heavy atom. The SMILES string of the molecule is COc1ccc(/C(O)=C2\C(=O)C(=O)N(c3cccc(Cl)c3)C2c2c(C)[nH]c3ccccc23)cc1OC. The molecule has 1 aliphatic rings. The van der Waals surface area contributed by atoms with Crippen LogP contribution in [0.2, 0.25) is 5.02 Å². The molecule has 182 valence electrons. The Kier molecular flexibility index (Phi) is 5.94. The number of Topliss-reactive ketones (excluding diaryl/α,β-unsaturated/α-hetero) is 1. The quantitative estimate of drug-likeness (QED) is 0.205. The summed E-state index contributed by atoms with van der Waals surface area (Å²) in [6, 6.07) is 18.3. The number of ketones is 1. The fourth-order valence-electron chi connectivity index (χ4n) is 4.79. The molecule has 0 spiro atoms. The van der Waals surface area contributed by atoms with E-state index < -0.39 is 17.7 Å². The molecule has 1 aliphatic heterocycles. The minimum Gasteiger partial charge on any atom is -0.507 e. The zero-order valence-electron chi connectivity index (χ0n) is 19.8. The summed E-state index contributed by atoms with van der Waals surface area (Å²) < 4.78 is 10.7. The van der Waals surface area contributed by atoms with Gasteiger partial charge in [-0.05, 0) is 49.4 Å². The lowest BCUT2D eigenvalue weighted by molar-refractivity contribution is -0.132. The number of aromatic nitrogens is 1. The second-order valence-electron chi connectivity index (χ2n) is 8.43. The molecule has 1 atom stereocenters. The van der Waals surface area contributed by atoms with E-state index in [2.05, 4.69) is 4.98 Å². The number of rotatable bonds is 5. The summed E-state index contributed by atoms with van der Waals surface area (Å²) in [5, 5.41) is 12.8. The Morgan fingerprint density at radius 1 is 0.972 bits per heavy atom. The Hall–Kier alpha value is -4.23. The first kappa shape index (κ1) is 23.5. The van der Waals surface area contributed by atoms with Gasteiger partial charge in [0.25, 0.3) is 11.7 Å². The second-order valence-corrected chi connectivity index (χ2v) is 8.86. The van der Waals surface area contributed by atoms with Crippen LogP contribution in [0.5, 0.6) is 11.5 Å². The predicted octanol–water partition coefficient (Wildman–Crippen LogP) is 5.77. The number of aromatic amines is 1. The first-order valence-corrected chi connectivity index (χ1v) is 11.6. The summed E-state index contributed by atoms with van der Waals surface area (Å²) in [6.07, 6.45) is 0. The largest absolute Gasteiger partial charge is 0.507 e. The van der Waals surface area contributed by atoms with E-state index in [0.29, 0.717) is 33.3 Å². The van der Waals surface area contributed by atoms with E-state index in [4.69, 9.17) is 21.1 Å². The lowest BCUT2D eigenvalue weighted by Gasteiger charge is -2.26. The monoisotopic (exact) mass is 502 g/mol. The molecule has 1 aromatic heterocycles. The molecule has 7 nitrogen and oxygen atoms in total. The molecule has 3 aromatic carbocycles. The standard InChI is InChI=1S/C28H23ClN2O5/c1-15-23(19-9-4-5-10-20(19)30-15)25-24(26(32)16-11-12-21(35-2)22(13-16)36-3)27(33)28(34)31(25)18-8-6-7-17(29)14-18/h4-14,25,30,32H,1-3H3/b26-24+. The molecule has 1 unspecified atom stereocenters. The normalized spacial score (nSPS) is 17.1. The summed E-state index contributed by atoms with van der Waals surface area (Å²) in [5.74, 6) is -1.01. The molecule has 2 N–H and O–H groups in total. The van der Waals surface area contributed by atoms with Crippen molar-refractivity contribution in [1.29, 1.82) is 0 Å². The zero-order valence-corrected chi connectivity index (χ0v) is 20.6. The smallest absolute Gasteiger partial charge is 0.300 e. The van der Waals surface area contributed by atoms with Crippen LogP contribution in [0.15, 0.2) is 72.3 Å². The molecule has 2 heterocycles. The zero-order chi connectivity index (χ0) is 25.6. The van der Waals surface area contributed by atoms with E-state index in [0.717, 1.165) is 16.6 Å². The lowest BCUT2D eigenvalue weighted by atomic mass is 9.93. The number of carbonyl (C=O) groups excluding carboxylic acids is 2. The van der Waals surface area contributed by atoms with E-state index in [9.17, 15) is 14.7 Å². The number of nitrogens with zero attached hydrogens (tertiary/aromatic N) is 1. The number of halogens is 1. The van der Waals surface area contributed by atoms with Crippen LogP contribution in [0.3, 0.4) is 0 Å². The number of carbonyl (C=O) groups is 2. The maximum atomic E-state index is 13.5. The number of hydrogen-bond acceptors (Lipinski definition) is 5. The first-order valence-electron chi connectivity index (χ1n) is 11.2. The van der Waals surface area contributed by atoms with E-state index >= 15 is 0 Å². The van der Waals surface area contributed by atoms with Gasteiger partial charge in [0.2, 0.25) is 0 Å². The van der Waals surface area contributed by atoms with Crippen LogP contribution in [0.4, 0.5) is 5.69 Å². The number of aliphatic hydroxyl groups excluding tert-OH is 1. The maximum absolute atomic E-state index is 13.5. The predicted molar refractivity (Wildman–Crippen MR) is 139 cm³/mol. The number of anilines is 1. The van der Waals surface area contributed by atoms with Crippen LogP contribution in [0.1, 0.15) is 22.9 Å². The van der Waals surface area contributed by atoms with Crippen molar-refractivity contribution in [2.24, 2.45) is 0 Å². The third-order valence-electron chi connectivity index (χ3n) is 6.40. The average Bonchev–Trinajstić information content (AvgIpc) is 3.35. The third-order valence-corrected chi connectivity index (χ3v) is 6.64. The van der Waals surface area contributed by atoms with Crippen molar-refractivity contribution in [2.45, 2.75) is 13.0 Å². The van der Waals surface area contributed by atoms with E-state index in [1.807, 2.05) is 31.2 Å². The summed E-state index contributed by atoms with van der Waals surface area (Å²) in [5.41, 5.74) is 3.08. The highest BCUT2D eigenvalue weighted by Gasteiger charge is 2.48. The number of methoxy groups -OCH3 is 2. The van der Waals surface area contributed by atoms with Gasteiger partial charge in [0, 0.05) is 38.4 Å². The van der Waals surface area contributed by atoms with Crippen molar-refractivity contribution in [3.05, 3.63) is 94.1 Å². The van der Waals surface area contributed by atoms with E-state index in [-0.39, 0.29) is 11.3 Å². The Bertz CT molecular complexity index is 1550. The molecule has 1 saturated heterocycles. The van der Waals surface area contributed by atoms with Gasteiger partial charge in [0.15, 0.2) is 11.5 Å². The summed E-state index contributed by atoms with van der Waals surface area (Å²) >= 11 is 6.25. The Morgan fingerprint density at radius 2 is 1.72 bits per heavy atom. The molecular formula is C28H23ClN2O5. The number of aryl methyl sites for hydroxylation is 1. The lowest BCUT2D eigenvalue weighted by Crippen LogP contribution is -2.29. The number of aliphatic hydroxyl groups is 1. The highest BCUT2D eigenvalue weighted by molar-refractivity contribution is 6.52.